The number of non-ortho nitro benzene ring substituents is 1. The molecule has 4 rings (SSSR count). The summed E-state index contributed by atoms with van der Waals surface area (Å²) in [6, 6.07) is 5.94. The second kappa shape index (κ2) is 5.86. The van der Waals surface area contributed by atoms with E-state index in [2.05, 4.69) is 20.3 Å². The monoisotopic (exact) mass is 338 g/mol. The van der Waals surface area contributed by atoms with E-state index in [0.717, 1.165) is 11.4 Å². The summed E-state index contributed by atoms with van der Waals surface area (Å²) in [5, 5.41) is 13.7. The van der Waals surface area contributed by atoms with Gasteiger partial charge < -0.3 is 15.0 Å². The Kier molecular flexibility index (Phi) is 3.53. The lowest BCUT2D eigenvalue weighted by molar-refractivity contribution is -0.384. The van der Waals surface area contributed by atoms with Crippen LogP contribution in [0.1, 0.15) is 5.56 Å². The molecule has 2 aliphatic rings. The normalized spacial score (nSPS) is 15.0. The van der Waals surface area contributed by atoms with Gasteiger partial charge in [0.1, 0.15) is 11.6 Å². The SMILES string of the molecule is CNc1ncc2c(n1)N1CCN=C1C(Oc1ccc([N+](=O)[O-])cc1)=C2. The maximum Gasteiger partial charge on any atom is 0.269 e. The summed E-state index contributed by atoms with van der Waals surface area (Å²) in [5.41, 5.74) is 0.847. The van der Waals surface area contributed by atoms with E-state index in [1.165, 1.54) is 12.1 Å². The lowest BCUT2D eigenvalue weighted by atomic mass is 10.1. The number of benzene rings is 1. The molecule has 0 saturated heterocycles. The van der Waals surface area contributed by atoms with E-state index in [-0.39, 0.29) is 5.69 Å². The number of nitrogens with zero attached hydrogens (tertiary/aromatic N) is 5. The fraction of sp³-hybridized carbons (Fsp3) is 0.188. The van der Waals surface area contributed by atoms with Crippen molar-refractivity contribution in [2.45, 2.75) is 0 Å². The number of anilines is 2. The number of nitro groups is 1. The van der Waals surface area contributed by atoms with Crippen molar-refractivity contribution in [2.24, 2.45) is 4.99 Å². The number of aromatic nitrogens is 2. The summed E-state index contributed by atoms with van der Waals surface area (Å²) in [5.74, 6) is 3.10. The van der Waals surface area contributed by atoms with Crippen molar-refractivity contribution in [3.05, 3.63) is 51.9 Å². The van der Waals surface area contributed by atoms with E-state index in [0.29, 0.717) is 36.4 Å². The molecular weight excluding hydrogens is 324 g/mol. The van der Waals surface area contributed by atoms with Gasteiger partial charge in [0.2, 0.25) is 5.95 Å². The van der Waals surface area contributed by atoms with Crippen LogP contribution in [0.5, 0.6) is 5.75 Å². The van der Waals surface area contributed by atoms with Crippen molar-refractivity contribution in [1.29, 1.82) is 0 Å². The molecule has 0 saturated carbocycles. The predicted octanol–water partition coefficient (Wildman–Crippen LogP) is 2.08. The molecule has 126 valence electrons. The summed E-state index contributed by atoms with van der Waals surface area (Å²) in [4.78, 5) is 25.5. The minimum atomic E-state index is -0.445. The highest BCUT2D eigenvalue weighted by molar-refractivity contribution is 6.15. The van der Waals surface area contributed by atoms with Crippen molar-refractivity contribution in [1.82, 2.24) is 9.97 Å². The smallest absolute Gasteiger partial charge is 0.269 e. The molecule has 1 N–H and O–H groups in total. The van der Waals surface area contributed by atoms with Gasteiger partial charge in [0.25, 0.3) is 5.69 Å². The minimum Gasteiger partial charge on any atom is -0.453 e. The Labute approximate surface area is 142 Å². The Hall–Kier alpha value is -3.49. The highest BCUT2D eigenvalue weighted by atomic mass is 16.6. The fourth-order valence-corrected chi connectivity index (χ4v) is 2.73. The molecule has 9 heteroatoms. The Morgan fingerprint density at radius 3 is 2.84 bits per heavy atom. The molecule has 0 amide bonds. The van der Waals surface area contributed by atoms with Gasteiger partial charge in [-0.1, -0.05) is 0 Å². The zero-order chi connectivity index (χ0) is 17.4. The second-order valence-corrected chi connectivity index (χ2v) is 5.44. The molecule has 1 aromatic heterocycles. The van der Waals surface area contributed by atoms with Crippen molar-refractivity contribution in [3.63, 3.8) is 0 Å². The Balaban J connectivity index is 1.68. The second-order valence-electron chi connectivity index (χ2n) is 5.44. The van der Waals surface area contributed by atoms with Gasteiger partial charge in [-0.3, -0.25) is 15.1 Å². The maximum absolute atomic E-state index is 10.8. The summed E-state index contributed by atoms with van der Waals surface area (Å²) < 4.78 is 5.91. The molecule has 3 heterocycles. The lowest BCUT2D eigenvalue weighted by Gasteiger charge is -2.26. The summed E-state index contributed by atoms with van der Waals surface area (Å²) in [7, 11) is 1.77. The van der Waals surface area contributed by atoms with Crippen LogP contribution in [0, 0.1) is 10.1 Å². The van der Waals surface area contributed by atoms with E-state index in [9.17, 15) is 10.1 Å². The van der Waals surface area contributed by atoms with Crippen molar-refractivity contribution >= 4 is 29.4 Å². The molecular formula is C16H14N6O3. The Morgan fingerprint density at radius 1 is 1.32 bits per heavy atom. The number of fused-ring (bicyclic) bond motifs is 3. The number of hydrogen-bond acceptors (Lipinski definition) is 8. The van der Waals surface area contributed by atoms with Crippen LogP contribution in [0.4, 0.5) is 17.5 Å². The number of amidine groups is 1. The number of ether oxygens (including phenoxy) is 1. The van der Waals surface area contributed by atoms with Crippen molar-refractivity contribution in [2.75, 3.05) is 30.4 Å². The quantitative estimate of drug-likeness (QED) is 0.672. The average molecular weight is 338 g/mol. The molecule has 0 unspecified atom stereocenters. The number of nitro benzene ring substituents is 1. The molecule has 0 bridgehead atoms. The average Bonchev–Trinajstić information content (AvgIpc) is 3.12. The number of rotatable bonds is 4. The first-order chi connectivity index (χ1) is 12.2. The van der Waals surface area contributed by atoms with Gasteiger partial charge in [-0.15, -0.1) is 0 Å². The summed E-state index contributed by atoms with van der Waals surface area (Å²) >= 11 is 0. The fourth-order valence-electron chi connectivity index (χ4n) is 2.73. The first-order valence-corrected chi connectivity index (χ1v) is 7.67. The standard InChI is InChI=1S/C16H14N6O3/c1-17-16-19-9-10-8-13(15-18-6-7-21(15)14(10)20-16)25-12-4-2-11(3-5-12)22(23)24/h2-5,8-9H,6-7H2,1H3,(H,17,19,20). The first kappa shape index (κ1) is 15.1. The third kappa shape index (κ3) is 2.65. The molecule has 1 aromatic carbocycles. The van der Waals surface area contributed by atoms with E-state index >= 15 is 0 Å². The van der Waals surface area contributed by atoms with Gasteiger partial charge in [0, 0.05) is 37.5 Å². The summed E-state index contributed by atoms with van der Waals surface area (Å²) in [6.45, 7) is 1.36. The van der Waals surface area contributed by atoms with Crippen LogP contribution in [0.3, 0.4) is 0 Å². The molecule has 0 atom stereocenters. The van der Waals surface area contributed by atoms with Crippen LogP contribution in [0.25, 0.3) is 6.08 Å². The van der Waals surface area contributed by atoms with Crippen LogP contribution >= 0.6 is 0 Å². The van der Waals surface area contributed by atoms with E-state index in [1.807, 2.05) is 11.0 Å². The molecule has 0 radical (unpaired) electrons. The molecule has 0 spiro atoms. The predicted molar refractivity (Wildman–Crippen MR) is 92.9 cm³/mol. The van der Waals surface area contributed by atoms with Gasteiger partial charge in [-0.2, -0.15) is 4.98 Å². The van der Waals surface area contributed by atoms with Gasteiger partial charge >= 0.3 is 0 Å². The molecule has 0 fully saturated rings. The van der Waals surface area contributed by atoms with E-state index < -0.39 is 4.92 Å². The zero-order valence-electron chi connectivity index (χ0n) is 13.3. The van der Waals surface area contributed by atoms with E-state index in [1.54, 1.807) is 25.4 Å². The topological polar surface area (TPSA) is 106 Å². The van der Waals surface area contributed by atoms with Gasteiger partial charge in [0.15, 0.2) is 11.6 Å². The van der Waals surface area contributed by atoms with Gasteiger partial charge in [-0.05, 0) is 18.2 Å². The molecule has 0 aliphatic carbocycles. The van der Waals surface area contributed by atoms with Crippen LogP contribution in [-0.2, 0) is 0 Å². The minimum absolute atomic E-state index is 0.0168. The number of aliphatic imine (C=N–C) groups is 1. The lowest BCUT2D eigenvalue weighted by Crippen LogP contribution is -2.34. The highest BCUT2D eigenvalue weighted by Crippen LogP contribution is 2.32. The Morgan fingerprint density at radius 2 is 2.12 bits per heavy atom. The third-order valence-electron chi connectivity index (χ3n) is 3.90. The number of nitrogens with one attached hydrogen (secondary N) is 1. The van der Waals surface area contributed by atoms with Crippen molar-refractivity contribution < 1.29 is 9.66 Å². The molecule has 2 aromatic rings. The maximum atomic E-state index is 10.8. The highest BCUT2D eigenvalue weighted by Gasteiger charge is 2.31. The van der Waals surface area contributed by atoms with Crippen LogP contribution in [0.2, 0.25) is 0 Å². The van der Waals surface area contributed by atoms with Crippen molar-refractivity contribution in [3.8, 4) is 5.75 Å². The first-order valence-electron chi connectivity index (χ1n) is 7.67. The number of hydrogen-bond donors (Lipinski definition) is 1. The third-order valence-corrected chi connectivity index (χ3v) is 3.90. The largest absolute Gasteiger partial charge is 0.453 e. The van der Waals surface area contributed by atoms with Crippen LogP contribution in [-0.4, -0.2) is 40.9 Å². The summed E-state index contributed by atoms with van der Waals surface area (Å²) in [6.07, 6.45) is 3.55. The van der Waals surface area contributed by atoms with Crippen LogP contribution in [0.15, 0.2) is 41.2 Å². The molecule has 25 heavy (non-hydrogen) atoms. The van der Waals surface area contributed by atoms with Gasteiger partial charge in [-0.25, -0.2) is 4.98 Å². The van der Waals surface area contributed by atoms with Crippen LogP contribution < -0.4 is 15.0 Å². The molecule has 9 nitrogen and oxygen atoms in total. The zero-order valence-corrected chi connectivity index (χ0v) is 13.3. The molecule has 2 aliphatic heterocycles. The van der Waals surface area contributed by atoms with E-state index in [4.69, 9.17) is 4.74 Å². The Bertz CT molecular complexity index is 907. The van der Waals surface area contributed by atoms with Gasteiger partial charge in [0.05, 0.1) is 11.5 Å².